The highest BCUT2D eigenvalue weighted by atomic mass is 31.2. The summed E-state index contributed by atoms with van der Waals surface area (Å²) in [7, 11) is -4.10. The number of nitrogens with zero attached hydrogens (tertiary/aromatic N) is 1. The summed E-state index contributed by atoms with van der Waals surface area (Å²) in [4.78, 5) is 22.0. The van der Waals surface area contributed by atoms with Gasteiger partial charge >= 0.3 is 13.7 Å². The predicted octanol–water partition coefficient (Wildman–Crippen LogP) is 1.79. The van der Waals surface area contributed by atoms with Crippen molar-refractivity contribution in [3.63, 3.8) is 0 Å². The van der Waals surface area contributed by atoms with E-state index in [-0.39, 0.29) is 24.7 Å². The third-order valence-corrected chi connectivity index (χ3v) is 5.49. The first-order chi connectivity index (χ1) is 13.2. The van der Waals surface area contributed by atoms with Crippen LogP contribution in [0.5, 0.6) is 5.75 Å². The molecule has 0 bridgehead atoms. The fourth-order valence-electron chi connectivity index (χ4n) is 2.38. The van der Waals surface area contributed by atoms with Crippen LogP contribution in [0.2, 0.25) is 0 Å². The molecule has 1 aromatic carbocycles. The van der Waals surface area contributed by atoms with Crippen LogP contribution in [-0.4, -0.2) is 54.1 Å². The highest BCUT2D eigenvalue weighted by Crippen LogP contribution is 2.45. The Labute approximate surface area is 161 Å². The van der Waals surface area contributed by atoms with E-state index in [1.165, 1.54) is 31.2 Å². The minimum absolute atomic E-state index is 0.0328. The second-order valence-corrected chi connectivity index (χ2v) is 7.70. The van der Waals surface area contributed by atoms with Gasteiger partial charge in [-0.15, -0.1) is 0 Å². The van der Waals surface area contributed by atoms with Crippen LogP contribution in [0, 0.1) is 10.1 Å². The molecule has 1 heterocycles. The van der Waals surface area contributed by atoms with E-state index in [0.717, 1.165) is 0 Å². The molecule has 1 aliphatic heterocycles. The minimum atomic E-state index is -4.10. The Balaban J connectivity index is 2.12. The van der Waals surface area contributed by atoms with E-state index in [0.29, 0.717) is 13.0 Å². The van der Waals surface area contributed by atoms with Crippen molar-refractivity contribution in [2.24, 2.45) is 0 Å². The quantitative estimate of drug-likeness (QED) is 0.249. The number of hydrogen-bond donors (Lipinski definition) is 2. The van der Waals surface area contributed by atoms with Gasteiger partial charge in [0.15, 0.2) is 0 Å². The van der Waals surface area contributed by atoms with Gasteiger partial charge in [0.2, 0.25) is 0 Å². The summed E-state index contributed by atoms with van der Waals surface area (Å²) in [6.45, 7) is 3.30. The van der Waals surface area contributed by atoms with Crippen molar-refractivity contribution in [1.29, 1.82) is 0 Å². The smallest absolute Gasteiger partial charge is 0.459 e. The molecule has 0 spiro atoms. The van der Waals surface area contributed by atoms with Crippen LogP contribution < -0.4 is 9.61 Å². The van der Waals surface area contributed by atoms with Gasteiger partial charge in [0.1, 0.15) is 17.9 Å². The van der Waals surface area contributed by atoms with Crippen molar-refractivity contribution in [3.05, 3.63) is 34.4 Å². The number of carbonyl (C=O) groups is 1. The second kappa shape index (κ2) is 9.94. The molecular formula is C16H23N2O9P. The average Bonchev–Trinajstić information content (AvgIpc) is 3.05. The van der Waals surface area contributed by atoms with Gasteiger partial charge in [-0.25, -0.2) is 4.57 Å². The molecule has 1 aromatic rings. The molecule has 1 fully saturated rings. The summed E-state index contributed by atoms with van der Waals surface area (Å²) in [6.07, 6.45) is -1.03. The number of esters is 1. The van der Waals surface area contributed by atoms with Crippen LogP contribution in [0.15, 0.2) is 24.3 Å². The number of non-ortho nitro benzene ring substituents is 1. The van der Waals surface area contributed by atoms with Crippen molar-refractivity contribution < 1.29 is 37.9 Å². The standard InChI is InChI=1S/C16H23N2O9P/c1-3-24-16(20)11(2)17-28(23,26-10-15-14(19)8-9-25-15)27-13-6-4-12(5-7-13)18(21)22/h4-7,11,14-15,19H,3,8-10H2,1-2H3,(H,17,23)/t11-,14+,15?,28?/m0/s1. The maximum Gasteiger partial charge on any atom is 0.459 e. The van der Waals surface area contributed by atoms with E-state index in [4.69, 9.17) is 18.5 Å². The number of nitro groups is 1. The Bertz CT molecular complexity index is 727. The number of hydrogen-bond acceptors (Lipinski definition) is 9. The maximum absolute atomic E-state index is 13.1. The number of rotatable bonds is 10. The largest absolute Gasteiger partial charge is 0.465 e. The third-order valence-electron chi connectivity index (χ3n) is 3.85. The first-order valence-electron chi connectivity index (χ1n) is 8.67. The van der Waals surface area contributed by atoms with Gasteiger partial charge in [-0.2, -0.15) is 5.09 Å². The number of benzene rings is 1. The van der Waals surface area contributed by atoms with Gasteiger partial charge < -0.3 is 19.1 Å². The Morgan fingerprint density at radius 3 is 2.68 bits per heavy atom. The number of carbonyl (C=O) groups excluding carboxylic acids is 1. The first kappa shape index (κ1) is 22.3. The molecule has 28 heavy (non-hydrogen) atoms. The Kier molecular flexibility index (Phi) is 7.90. The summed E-state index contributed by atoms with van der Waals surface area (Å²) in [5.41, 5.74) is -0.168. The molecule has 4 atom stereocenters. The van der Waals surface area contributed by atoms with E-state index in [2.05, 4.69) is 5.09 Å². The first-order valence-corrected chi connectivity index (χ1v) is 10.2. The molecule has 0 aromatic heterocycles. The van der Waals surface area contributed by atoms with Crippen molar-refractivity contribution in [1.82, 2.24) is 5.09 Å². The number of ether oxygens (including phenoxy) is 2. The topological polar surface area (TPSA) is 146 Å². The molecule has 12 heteroatoms. The molecule has 11 nitrogen and oxygen atoms in total. The summed E-state index contributed by atoms with van der Waals surface area (Å²) in [6, 6.07) is 3.85. The van der Waals surface area contributed by atoms with Gasteiger partial charge in [0.05, 0.1) is 24.2 Å². The van der Waals surface area contributed by atoms with Crippen LogP contribution in [0.4, 0.5) is 5.69 Å². The van der Waals surface area contributed by atoms with Crippen LogP contribution in [0.3, 0.4) is 0 Å². The maximum atomic E-state index is 13.1. The van der Waals surface area contributed by atoms with Crippen LogP contribution in [-0.2, 0) is 23.4 Å². The second-order valence-electron chi connectivity index (χ2n) is 6.00. The minimum Gasteiger partial charge on any atom is -0.465 e. The lowest BCUT2D eigenvalue weighted by molar-refractivity contribution is -0.384. The Morgan fingerprint density at radius 1 is 1.46 bits per heavy atom. The van der Waals surface area contributed by atoms with Gasteiger partial charge in [-0.3, -0.25) is 19.4 Å². The number of nitro benzene ring substituents is 1. The van der Waals surface area contributed by atoms with Gasteiger partial charge in [-0.1, -0.05) is 0 Å². The van der Waals surface area contributed by atoms with Gasteiger partial charge in [-0.05, 0) is 32.4 Å². The number of aliphatic hydroxyl groups excluding tert-OH is 1. The van der Waals surface area contributed by atoms with E-state index in [1.54, 1.807) is 6.92 Å². The van der Waals surface area contributed by atoms with E-state index < -0.39 is 36.9 Å². The van der Waals surface area contributed by atoms with Crippen molar-refractivity contribution in [3.8, 4) is 5.75 Å². The zero-order valence-corrected chi connectivity index (χ0v) is 16.4. The van der Waals surface area contributed by atoms with Crippen molar-refractivity contribution in [2.45, 2.75) is 38.5 Å². The molecule has 0 amide bonds. The fourth-order valence-corrected chi connectivity index (χ4v) is 3.88. The monoisotopic (exact) mass is 418 g/mol. The van der Waals surface area contributed by atoms with Crippen molar-refractivity contribution >= 4 is 19.4 Å². The van der Waals surface area contributed by atoms with E-state index in [1.807, 2.05) is 0 Å². The molecule has 1 saturated heterocycles. The summed E-state index contributed by atoms with van der Waals surface area (Å²) in [5, 5.41) is 23.0. The zero-order chi connectivity index (χ0) is 20.7. The SMILES string of the molecule is CCOC(=O)[C@H](C)NP(=O)(OCC1OCC[C@H]1O)Oc1ccc([N+](=O)[O-])cc1. The lowest BCUT2D eigenvalue weighted by Crippen LogP contribution is -2.36. The Morgan fingerprint density at radius 2 is 2.14 bits per heavy atom. The fraction of sp³-hybridized carbons (Fsp3) is 0.562. The molecule has 1 aliphatic rings. The molecule has 2 unspecified atom stereocenters. The van der Waals surface area contributed by atoms with Gasteiger partial charge in [0.25, 0.3) is 5.69 Å². The summed E-state index contributed by atoms with van der Waals surface area (Å²) in [5.74, 6) is -0.624. The Hall–Kier alpha value is -2.04. The highest BCUT2D eigenvalue weighted by molar-refractivity contribution is 7.52. The molecule has 156 valence electrons. The van der Waals surface area contributed by atoms with Crippen molar-refractivity contribution in [2.75, 3.05) is 19.8 Å². The number of nitrogens with one attached hydrogen (secondary N) is 1. The molecular weight excluding hydrogens is 395 g/mol. The molecule has 0 aliphatic carbocycles. The lowest BCUT2D eigenvalue weighted by atomic mass is 10.2. The summed E-state index contributed by atoms with van der Waals surface area (Å²) >= 11 is 0. The highest BCUT2D eigenvalue weighted by Gasteiger charge is 2.35. The van der Waals surface area contributed by atoms with Crippen LogP contribution >= 0.6 is 7.75 Å². The molecule has 2 N–H and O–H groups in total. The summed E-state index contributed by atoms with van der Waals surface area (Å²) < 4.78 is 34.1. The van der Waals surface area contributed by atoms with E-state index >= 15 is 0 Å². The predicted molar refractivity (Wildman–Crippen MR) is 96.9 cm³/mol. The molecule has 2 rings (SSSR count). The third kappa shape index (κ3) is 6.25. The van der Waals surface area contributed by atoms with Gasteiger partial charge in [0, 0.05) is 18.7 Å². The van der Waals surface area contributed by atoms with Crippen LogP contribution in [0.25, 0.3) is 0 Å². The average molecular weight is 418 g/mol. The van der Waals surface area contributed by atoms with Crippen LogP contribution in [0.1, 0.15) is 20.3 Å². The zero-order valence-electron chi connectivity index (χ0n) is 15.5. The van der Waals surface area contributed by atoms with E-state index in [9.17, 15) is 24.6 Å². The normalized spacial score (nSPS) is 22.2. The lowest BCUT2D eigenvalue weighted by Gasteiger charge is -2.24. The molecule has 0 saturated carbocycles. The number of aliphatic hydroxyl groups is 1. The molecule has 0 radical (unpaired) electrons.